The van der Waals surface area contributed by atoms with Gasteiger partial charge in [0, 0.05) is 25.7 Å². The number of hydrogen-bond acceptors (Lipinski definition) is 3. The van der Waals surface area contributed by atoms with Crippen LogP contribution in [0.4, 0.5) is 4.79 Å². The maximum Gasteiger partial charge on any atom is 0.409 e. The summed E-state index contributed by atoms with van der Waals surface area (Å²) in [6, 6.07) is 0.371. The Balaban J connectivity index is 2.29. The van der Waals surface area contributed by atoms with E-state index in [1.165, 1.54) is 0 Å². The van der Waals surface area contributed by atoms with E-state index in [1.54, 1.807) is 4.90 Å². The number of amides is 1. The summed E-state index contributed by atoms with van der Waals surface area (Å²) in [4.78, 5) is 13.3. The molecule has 1 rings (SSSR count). The van der Waals surface area contributed by atoms with Crippen LogP contribution < -0.4 is 5.32 Å². The molecule has 0 aromatic rings. The fourth-order valence-corrected chi connectivity index (χ4v) is 1.43. The highest BCUT2D eigenvalue weighted by molar-refractivity contribution is 5.67. The zero-order valence-corrected chi connectivity index (χ0v) is 9.25. The van der Waals surface area contributed by atoms with Crippen LogP contribution in [-0.4, -0.2) is 43.3 Å². The molecule has 0 aromatic carbocycles. The van der Waals surface area contributed by atoms with Gasteiger partial charge in [0.2, 0.25) is 0 Å². The Bertz CT molecular complexity index is 195. The summed E-state index contributed by atoms with van der Waals surface area (Å²) in [5.41, 5.74) is 0. The fraction of sp³-hybridized carbons (Fsp3) is 0.900. The Morgan fingerprint density at radius 3 is 2.93 bits per heavy atom. The molecule has 4 heteroatoms. The lowest BCUT2D eigenvalue weighted by molar-refractivity contribution is 0.0827. The largest absolute Gasteiger partial charge is 0.449 e. The quantitative estimate of drug-likeness (QED) is 0.725. The summed E-state index contributed by atoms with van der Waals surface area (Å²) >= 11 is 0. The minimum absolute atomic E-state index is 0.174. The standard InChI is InChI=1S/C10H20N2O2/c1-8(2)7-14-10(13)12-5-4-11-9(3)6-12/h8-9,11H,4-7H2,1-3H3/t9-/m1/s1. The van der Waals surface area contributed by atoms with Crippen molar-refractivity contribution in [2.75, 3.05) is 26.2 Å². The van der Waals surface area contributed by atoms with Crippen LogP contribution in [-0.2, 0) is 4.74 Å². The van der Waals surface area contributed by atoms with Crippen molar-refractivity contribution in [2.24, 2.45) is 5.92 Å². The summed E-state index contributed by atoms with van der Waals surface area (Å²) < 4.78 is 5.15. The molecule has 0 spiro atoms. The lowest BCUT2D eigenvalue weighted by atomic mass is 10.2. The van der Waals surface area contributed by atoms with Gasteiger partial charge in [0.25, 0.3) is 0 Å². The topological polar surface area (TPSA) is 41.6 Å². The molecule has 1 atom stereocenters. The molecule has 1 aliphatic heterocycles. The highest BCUT2D eigenvalue weighted by Crippen LogP contribution is 2.02. The van der Waals surface area contributed by atoms with Gasteiger partial charge in [-0.3, -0.25) is 0 Å². The third-order valence-corrected chi connectivity index (χ3v) is 2.17. The number of piperazine rings is 1. The first kappa shape index (κ1) is 11.3. The second-order valence-corrected chi connectivity index (χ2v) is 4.27. The molecular formula is C10H20N2O2. The van der Waals surface area contributed by atoms with Crippen molar-refractivity contribution < 1.29 is 9.53 Å². The van der Waals surface area contributed by atoms with Crippen molar-refractivity contribution in [3.8, 4) is 0 Å². The zero-order valence-electron chi connectivity index (χ0n) is 9.25. The average molecular weight is 200 g/mol. The average Bonchev–Trinajstić information content (AvgIpc) is 2.14. The van der Waals surface area contributed by atoms with Gasteiger partial charge in [-0.05, 0) is 12.8 Å². The second-order valence-electron chi connectivity index (χ2n) is 4.27. The number of ether oxygens (including phenoxy) is 1. The number of carbonyl (C=O) groups excluding carboxylic acids is 1. The monoisotopic (exact) mass is 200 g/mol. The van der Waals surface area contributed by atoms with Gasteiger partial charge < -0.3 is 15.0 Å². The van der Waals surface area contributed by atoms with Crippen LogP contribution in [0, 0.1) is 5.92 Å². The van der Waals surface area contributed by atoms with E-state index >= 15 is 0 Å². The van der Waals surface area contributed by atoms with Gasteiger partial charge in [0.05, 0.1) is 6.61 Å². The lowest BCUT2D eigenvalue weighted by Gasteiger charge is -2.31. The van der Waals surface area contributed by atoms with Gasteiger partial charge in [-0.1, -0.05) is 13.8 Å². The third kappa shape index (κ3) is 3.54. The molecule has 82 valence electrons. The van der Waals surface area contributed by atoms with Gasteiger partial charge in [0.15, 0.2) is 0 Å². The van der Waals surface area contributed by atoms with E-state index in [9.17, 15) is 4.79 Å². The van der Waals surface area contributed by atoms with E-state index in [0.717, 1.165) is 19.6 Å². The Kier molecular flexibility index (Phi) is 4.20. The molecule has 0 radical (unpaired) electrons. The van der Waals surface area contributed by atoms with E-state index in [4.69, 9.17) is 4.74 Å². The first-order valence-corrected chi connectivity index (χ1v) is 5.24. The molecule has 0 unspecified atom stereocenters. The van der Waals surface area contributed by atoms with Gasteiger partial charge in [-0.25, -0.2) is 4.79 Å². The number of hydrogen-bond donors (Lipinski definition) is 1. The molecule has 1 aliphatic rings. The first-order valence-electron chi connectivity index (χ1n) is 5.24. The molecule has 0 bridgehead atoms. The van der Waals surface area contributed by atoms with Gasteiger partial charge in [-0.15, -0.1) is 0 Å². The van der Waals surface area contributed by atoms with E-state index in [0.29, 0.717) is 18.6 Å². The van der Waals surface area contributed by atoms with Crippen LogP contribution in [0.25, 0.3) is 0 Å². The Hall–Kier alpha value is -0.770. The number of carbonyl (C=O) groups is 1. The number of nitrogens with one attached hydrogen (secondary N) is 1. The maximum atomic E-state index is 11.5. The number of rotatable bonds is 2. The molecule has 1 N–H and O–H groups in total. The van der Waals surface area contributed by atoms with E-state index in [1.807, 2.05) is 13.8 Å². The van der Waals surface area contributed by atoms with E-state index < -0.39 is 0 Å². The molecule has 1 amide bonds. The SMILES string of the molecule is CC(C)COC(=O)N1CCN[C@H](C)C1. The third-order valence-electron chi connectivity index (χ3n) is 2.17. The Morgan fingerprint density at radius 1 is 1.64 bits per heavy atom. The molecule has 0 aliphatic carbocycles. The van der Waals surface area contributed by atoms with Crippen molar-refractivity contribution in [3.05, 3.63) is 0 Å². The van der Waals surface area contributed by atoms with Crippen LogP contribution in [0.15, 0.2) is 0 Å². The summed E-state index contributed by atoms with van der Waals surface area (Å²) in [7, 11) is 0. The highest BCUT2D eigenvalue weighted by Gasteiger charge is 2.21. The van der Waals surface area contributed by atoms with Crippen molar-refractivity contribution in [1.82, 2.24) is 10.2 Å². The van der Waals surface area contributed by atoms with Crippen molar-refractivity contribution in [3.63, 3.8) is 0 Å². The van der Waals surface area contributed by atoms with Crippen molar-refractivity contribution >= 4 is 6.09 Å². The molecule has 1 saturated heterocycles. The minimum Gasteiger partial charge on any atom is -0.449 e. The normalized spacial score (nSPS) is 22.6. The molecule has 4 nitrogen and oxygen atoms in total. The van der Waals surface area contributed by atoms with Crippen LogP contribution in [0.2, 0.25) is 0 Å². The van der Waals surface area contributed by atoms with Gasteiger partial charge in [0.1, 0.15) is 0 Å². The predicted octanol–water partition coefficient (Wildman–Crippen LogP) is 1.07. The smallest absolute Gasteiger partial charge is 0.409 e. The highest BCUT2D eigenvalue weighted by atomic mass is 16.6. The van der Waals surface area contributed by atoms with E-state index in [-0.39, 0.29) is 6.09 Å². The van der Waals surface area contributed by atoms with Crippen LogP contribution in [0.1, 0.15) is 20.8 Å². The van der Waals surface area contributed by atoms with Gasteiger partial charge >= 0.3 is 6.09 Å². The first-order chi connectivity index (χ1) is 6.59. The predicted molar refractivity (Wildman–Crippen MR) is 55.2 cm³/mol. The van der Waals surface area contributed by atoms with Crippen molar-refractivity contribution in [2.45, 2.75) is 26.8 Å². The Morgan fingerprint density at radius 2 is 2.36 bits per heavy atom. The van der Waals surface area contributed by atoms with Crippen LogP contribution in [0.5, 0.6) is 0 Å². The minimum atomic E-state index is -0.174. The van der Waals surface area contributed by atoms with Crippen LogP contribution in [0.3, 0.4) is 0 Å². The molecular weight excluding hydrogens is 180 g/mol. The number of nitrogens with zero attached hydrogens (tertiary/aromatic N) is 1. The van der Waals surface area contributed by atoms with E-state index in [2.05, 4.69) is 12.2 Å². The molecule has 1 fully saturated rings. The molecule has 0 saturated carbocycles. The summed E-state index contributed by atoms with van der Waals surface area (Å²) in [6.07, 6.45) is -0.174. The summed E-state index contributed by atoms with van der Waals surface area (Å²) in [5, 5.41) is 3.28. The second kappa shape index (κ2) is 5.20. The lowest BCUT2D eigenvalue weighted by Crippen LogP contribution is -2.51. The van der Waals surface area contributed by atoms with Crippen molar-refractivity contribution in [1.29, 1.82) is 0 Å². The maximum absolute atomic E-state index is 11.5. The van der Waals surface area contributed by atoms with Gasteiger partial charge in [-0.2, -0.15) is 0 Å². The fourth-order valence-electron chi connectivity index (χ4n) is 1.43. The molecule has 1 heterocycles. The Labute approximate surface area is 85.6 Å². The zero-order chi connectivity index (χ0) is 10.6. The summed E-state index contributed by atoms with van der Waals surface area (Å²) in [5.74, 6) is 0.402. The molecule has 14 heavy (non-hydrogen) atoms. The molecule has 0 aromatic heterocycles. The summed E-state index contributed by atoms with van der Waals surface area (Å²) in [6.45, 7) is 9.01. The van der Waals surface area contributed by atoms with Crippen LogP contribution >= 0.6 is 0 Å².